The van der Waals surface area contributed by atoms with E-state index in [4.69, 9.17) is 13.3 Å². The summed E-state index contributed by atoms with van der Waals surface area (Å²) in [6.45, 7) is 0.722. The van der Waals surface area contributed by atoms with E-state index in [2.05, 4.69) is 10.2 Å². The Labute approximate surface area is 113 Å². The molecule has 1 aromatic carbocycles. The van der Waals surface area contributed by atoms with Crippen LogP contribution in [-0.4, -0.2) is 45.1 Å². The third kappa shape index (κ3) is 3.18. The van der Waals surface area contributed by atoms with Gasteiger partial charge in [-0.2, -0.15) is 15.0 Å². The Morgan fingerprint density at radius 1 is 1.00 bits per heavy atom. The van der Waals surface area contributed by atoms with E-state index in [-0.39, 0.29) is 0 Å². The van der Waals surface area contributed by atoms with Gasteiger partial charge in [0.05, 0.1) is 6.54 Å². The molecule has 2 rings (SSSR count). The van der Waals surface area contributed by atoms with E-state index < -0.39 is 8.80 Å². The fraction of sp³-hybridized carbons (Fsp3) is 0.500. The first-order valence-electron chi connectivity index (χ1n) is 6.18. The zero-order valence-electron chi connectivity index (χ0n) is 11.5. The summed E-state index contributed by atoms with van der Waals surface area (Å²) in [5.74, 6) is 0. The highest BCUT2D eigenvalue weighted by atomic mass is 28.4. The van der Waals surface area contributed by atoms with Gasteiger partial charge in [0.25, 0.3) is 0 Å². The van der Waals surface area contributed by atoms with Crippen molar-refractivity contribution in [3.05, 3.63) is 24.3 Å². The molecule has 1 aromatic heterocycles. The number of hydrogen-bond donors (Lipinski definition) is 0. The van der Waals surface area contributed by atoms with Crippen molar-refractivity contribution in [2.75, 3.05) is 21.3 Å². The van der Waals surface area contributed by atoms with Crippen molar-refractivity contribution in [3.63, 3.8) is 0 Å². The van der Waals surface area contributed by atoms with Gasteiger partial charge in [0.15, 0.2) is 0 Å². The molecule has 1 heterocycles. The van der Waals surface area contributed by atoms with Gasteiger partial charge in [0, 0.05) is 27.4 Å². The predicted molar refractivity (Wildman–Crippen MR) is 73.7 cm³/mol. The van der Waals surface area contributed by atoms with Crippen LogP contribution in [0, 0.1) is 0 Å². The van der Waals surface area contributed by atoms with Gasteiger partial charge in [-0.1, -0.05) is 12.1 Å². The molecule has 0 bridgehead atoms. The minimum absolute atomic E-state index is 0.722. The number of aromatic nitrogens is 3. The van der Waals surface area contributed by atoms with Gasteiger partial charge in [-0.25, -0.2) is 0 Å². The Bertz CT molecular complexity index is 486. The molecule has 0 radical (unpaired) electrons. The molecule has 0 aliphatic heterocycles. The molecule has 2 aromatic rings. The quantitative estimate of drug-likeness (QED) is 0.723. The molecule has 0 aliphatic carbocycles. The van der Waals surface area contributed by atoms with Crippen molar-refractivity contribution in [2.24, 2.45) is 0 Å². The maximum Gasteiger partial charge on any atom is 0.500 e. The van der Waals surface area contributed by atoms with Crippen LogP contribution in [0.4, 0.5) is 0 Å². The summed E-state index contributed by atoms with van der Waals surface area (Å²) in [5.41, 5.74) is 1.83. The van der Waals surface area contributed by atoms with Gasteiger partial charge < -0.3 is 13.3 Å². The van der Waals surface area contributed by atoms with E-state index >= 15 is 0 Å². The molecular formula is C12H19N3O3Si. The summed E-state index contributed by atoms with van der Waals surface area (Å²) in [6, 6.07) is 8.57. The summed E-state index contributed by atoms with van der Waals surface area (Å²) in [6.07, 6.45) is 0.850. The van der Waals surface area contributed by atoms with Gasteiger partial charge in [-0.05, 0) is 18.6 Å². The average molecular weight is 281 g/mol. The largest absolute Gasteiger partial charge is 0.500 e. The van der Waals surface area contributed by atoms with Crippen LogP contribution < -0.4 is 0 Å². The first kappa shape index (κ1) is 14.1. The Balaban J connectivity index is 1.95. The lowest BCUT2D eigenvalue weighted by Gasteiger charge is -2.23. The van der Waals surface area contributed by atoms with Gasteiger partial charge in [-0.15, -0.1) is 0 Å². The first-order valence-corrected chi connectivity index (χ1v) is 8.11. The van der Waals surface area contributed by atoms with Gasteiger partial charge in [0.2, 0.25) is 0 Å². The van der Waals surface area contributed by atoms with Crippen LogP contribution in [0.1, 0.15) is 6.42 Å². The van der Waals surface area contributed by atoms with Crippen molar-refractivity contribution in [1.29, 1.82) is 0 Å². The summed E-state index contributed by atoms with van der Waals surface area (Å²) in [5, 5.41) is 8.82. The van der Waals surface area contributed by atoms with Crippen LogP contribution in [0.2, 0.25) is 6.04 Å². The number of fused-ring (bicyclic) bond motifs is 1. The highest BCUT2D eigenvalue weighted by Crippen LogP contribution is 2.16. The Hall–Kier alpha value is -1.28. The molecule has 0 N–H and O–H groups in total. The molecule has 7 heteroatoms. The maximum atomic E-state index is 5.38. The lowest BCUT2D eigenvalue weighted by molar-refractivity contribution is 0.122. The monoisotopic (exact) mass is 281 g/mol. The second kappa shape index (κ2) is 6.24. The fourth-order valence-electron chi connectivity index (χ4n) is 2.00. The van der Waals surface area contributed by atoms with Crippen molar-refractivity contribution in [2.45, 2.75) is 19.0 Å². The average Bonchev–Trinajstić information content (AvgIpc) is 2.87. The lowest BCUT2D eigenvalue weighted by atomic mass is 10.3. The van der Waals surface area contributed by atoms with Gasteiger partial charge >= 0.3 is 8.80 Å². The number of hydrogen-bond acceptors (Lipinski definition) is 5. The Kier molecular flexibility index (Phi) is 4.64. The molecule has 0 aliphatic rings. The van der Waals surface area contributed by atoms with E-state index in [9.17, 15) is 0 Å². The summed E-state index contributed by atoms with van der Waals surface area (Å²) in [7, 11) is 2.39. The summed E-state index contributed by atoms with van der Waals surface area (Å²) >= 11 is 0. The molecule has 0 saturated carbocycles. The molecule has 0 fully saturated rings. The van der Waals surface area contributed by atoms with Crippen LogP contribution in [0.15, 0.2) is 24.3 Å². The van der Waals surface area contributed by atoms with E-state index in [1.807, 2.05) is 24.3 Å². The van der Waals surface area contributed by atoms with Crippen LogP contribution in [-0.2, 0) is 19.8 Å². The normalized spacial score (nSPS) is 12.2. The minimum Gasteiger partial charge on any atom is -0.377 e. The number of benzene rings is 1. The topological polar surface area (TPSA) is 58.4 Å². The molecule has 0 spiro atoms. The second-order valence-corrected chi connectivity index (χ2v) is 7.27. The zero-order chi connectivity index (χ0) is 13.7. The number of nitrogens with zero attached hydrogens (tertiary/aromatic N) is 3. The molecule has 0 atom stereocenters. The van der Waals surface area contributed by atoms with Crippen molar-refractivity contribution >= 4 is 19.8 Å². The third-order valence-corrected chi connectivity index (χ3v) is 5.93. The Morgan fingerprint density at radius 3 is 2.00 bits per heavy atom. The highest BCUT2D eigenvalue weighted by Gasteiger charge is 2.36. The summed E-state index contributed by atoms with van der Waals surface area (Å²) < 4.78 is 16.1. The van der Waals surface area contributed by atoms with Crippen LogP contribution >= 0.6 is 0 Å². The minimum atomic E-state index is -2.48. The molecule has 19 heavy (non-hydrogen) atoms. The standard InChI is InChI=1S/C12H19N3O3Si/c1-16-19(17-2,18-3)10-6-9-15-13-11-7-4-5-8-12(11)14-15/h4-5,7-8H,6,9-10H2,1-3H3. The van der Waals surface area contributed by atoms with E-state index in [1.54, 1.807) is 26.1 Å². The fourth-order valence-corrected chi connectivity index (χ4v) is 3.70. The highest BCUT2D eigenvalue weighted by molar-refractivity contribution is 6.60. The van der Waals surface area contributed by atoms with Crippen molar-refractivity contribution in [3.8, 4) is 0 Å². The Morgan fingerprint density at radius 2 is 1.53 bits per heavy atom. The van der Waals surface area contributed by atoms with Crippen molar-refractivity contribution in [1.82, 2.24) is 15.0 Å². The van der Waals surface area contributed by atoms with Gasteiger partial charge in [0.1, 0.15) is 11.0 Å². The van der Waals surface area contributed by atoms with E-state index in [1.165, 1.54) is 0 Å². The van der Waals surface area contributed by atoms with Crippen LogP contribution in [0.25, 0.3) is 11.0 Å². The molecule has 0 unspecified atom stereocenters. The second-order valence-electron chi connectivity index (χ2n) is 4.18. The van der Waals surface area contributed by atoms with E-state index in [0.29, 0.717) is 0 Å². The maximum absolute atomic E-state index is 5.38. The molecular weight excluding hydrogens is 262 g/mol. The smallest absolute Gasteiger partial charge is 0.377 e. The molecule has 104 valence electrons. The molecule has 0 amide bonds. The van der Waals surface area contributed by atoms with E-state index in [0.717, 1.165) is 30.0 Å². The molecule has 6 nitrogen and oxygen atoms in total. The third-order valence-electron chi connectivity index (χ3n) is 3.10. The van der Waals surface area contributed by atoms with Crippen molar-refractivity contribution < 1.29 is 13.3 Å². The van der Waals surface area contributed by atoms with Crippen LogP contribution in [0.3, 0.4) is 0 Å². The van der Waals surface area contributed by atoms with Crippen LogP contribution in [0.5, 0.6) is 0 Å². The first-order chi connectivity index (χ1) is 9.23. The predicted octanol–water partition coefficient (Wildman–Crippen LogP) is 1.70. The number of aryl methyl sites for hydroxylation is 1. The summed E-state index contributed by atoms with van der Waals surface area (Å²) in [4.78, 5) is 1.71. The lowest BCUT2D eigenvalue weighted by Crippen LogP contribution is -2.42. The molecule has 0 saturated heterocycles. The zero-order valence-corrected chi connectivity index (χ0v) is 12.5. The number of rotatable bonds is 7. The van der Waals surface area contributed by atoms with Gasteiger partial charge in [-0.3, -0.25) is 0 Å². The SMILES string of the molecule is CO[Si](CCCn1nc2ccccc2n1)(OC)OC.